The lowest BCUT2D eigenvalue weighted by Gasteiger charge is -2.27. The second kappa shape index (κ2) is 7.90. The predicted octanol–water partition coefficient (Wildman–Crippen LogP) is 2.57. The predicted molar refractivity (Wildman–Crippen MR) is 92.0 cm³/mol. The Labute approximate surface area is 141 Å². The third kappa shape index (κ3) is 3.78. The van der Waals surface area contributed by atoms with Gasteiger partial charge in [0.05, 0.1) is 5.41 Å². The molecule has 4 nitrogen and oxygen atoms in total. The van der Waals surface area contributed by atoms with Gasteiger partial charge in [0.15, 0.2) is 0 Å². The topological polar surface area (TPSA) is 80.4 Å². The number of hydrogen-bond acceptors (Lipinski definition) is 3. The molecule has 3 N–H and O–H groups in total. The monoisotopic (exact) mass is 333 g/mol. The van der Waals surface area contributed by atoms with E-state index in [9.17, 15) is 14.7 Å². The molecule has 2 aromatic rings. The molecule has 122 valence electrons. The number of ketones is 1. The first-order valence-electron chi connectivity index (χ1n) is 7.13. The van der Waals surface area contributed by atoms with E-state index in [1.165, 1.54) is 0 Å². The Bertz CT molecular complexity index is 670. The highest BCUT2D eigenvalue weighted by atomic mass is 35.5. The largest absolute Gasteiger partial charge is 0.475 e. The fourth-order valence-electron chi connectivity index (χ4n) is 2.59. The Morgan fingerprint density at radius 2 is 1.52 bits per heavy atom. The van der Waals surface area contributed by atoms with Gasteiger partial charge in [0.1, 0.15) is 0 Å². The fourth-order valence-corrected chi connectivity index (χ4v) is 2.59. The number of rotatable bonds is 6. The first-order valence-corrected chi connectivity index (χ1v) is 7.13. The van der Waals surface area contributed by atoms with Crippen LogP contribution in [0.3, 0.4) is 0 Å². The molecule has 0 heterocycles. The van der Waals surface area contributed by atoms with Crippen molar-refractivity contribution in [2.24, 2.45) is 5.73 Å². The molecule has 0 saturated heterocycles. The minimum absolute atomic E-state index is 0. The molecule has 0 saturated carbocycles. The van der Waals surface area contributed by atoms with Gasteiger partial charge >= 0.3 is 5.97 Å². The number of carboxylic acid groups (broad SMARTS) is 1. The second-order valence-electron chi connectivity index (χ2n) is 5.36. The summed E-state index contributed by atoms with van der Waals surface area (Å²) in [4.78, 5) is 23.7. The van der Waals surface area contributed by atoms with Crippen molar-refractivity contribution in [1.29, 1.82) is 0 Å². The van der Waals surface area contributed by atoms with Gasteiger partial charge in [-0.25, -0.2) is 4.79 Å². The van der Waals surface area contributed by atoms with Crippen LogP contribution in [-0.2, 0) is 21.4 Å². The van der Waals surface area contributed by atoms with Gasteiger partial charge in [-0.1, -0.05) is 54.6 Å². The van der Waals surface area contributed by atoms with Crippen molar-refractivity contribution < 1.29 is 14.7 Å². The van der Waals surface area contributed by atoms with Gasteiger partial charge in [-0.15, -0.1) is 12.4 Å². The van der Waals surface area contributed by atoms with E-state index in [2.05, 4.69) is 0 Å². The summed E-state index contributed by atoms with van der Waals surface area (Å²) in [5, 5.41) is 9.21. The smallest absolute Gasteiger partial charge is 0.373 e. The highest BCUT2D eigenvalue weighted by molar-refractivity contribution is 6.37. The third-order valence-corrected chi connectivity index (χ3v) is 3.96. The molecule has 1 unspecified atom stereocenters. The molecule has 2 aromatic carbocycles. The summed E-state index contributed by atoms with van der Waals surface area (Å²) in [7, 11) is 0. The Balaban J connectivity index is 0.00000264. The number of aliphatic carboxylic acids is 1. The van der Waals surface area contributed by atoms with E-state index in [4.69, 9.17) is 5.73 Å². The molecule has 0 spiro atoms. The fraction of sp³-hybridized carbons (Fsp3) is 0.222. The number of benzene rings is 2. The van der Waals surface area contributed by atoms with Gasteiger partial charge in [-0.3, -0.25) is 4.79 Å². The second-order valence-corrected chi connectivity index (χ2v) is 5.36. The van der Waals surface area contributed by atoms with E-state index in [0.717, 1.165) is 12.0 Å². The zero-order valence-corrected chi connectivity index (χ0v) is 13.7. The Hall–Kier alpha value is -2.17. The van der Waals surface area contributed by atoms with Crippen LogP contribution in [0, 0.1) is 0 Å². The molecule has 2 rings (SSSR count). The number of Topliss-reactive ketones (excluding diaryl/α,β-unsaturated/α-hetero) is 1. The van der Waals surface area contributed by atoms with Gasteiger partial charge in [0.25, 0.3) is 5.78 Å². The summed E-state index contributed by atoms with van der Waals surface area (Å²) in [6, 6.07) is 16.4. The van der Waals surface area contributed by atoms with Crippen LogP contribution in [0.2, 0.25) is 0 Å². The molecule has 0 aromatic heterocycles. The molecule has 1 atom stereocenters. The number of carboxylic acids is 1. The van der Waals surface area contributed by atoms with E-state index in [0.29, 0.717) is 17.7 Å². The highest BCUT2D eigenvalue weighted by Crippen LogP contribution is 2.33. The Morgan fingerprint density at radius 1 is 1.00 bits per heavy atom. The number of carbonyl (C=O) groups excluding carboxylic acids is 1. The number of nitrogens with two attached hydrogens (primary N) is 1. The Morgan fingerprint density at radius 3 is 2.00 bits per heavy atom. The summed E-state index contributed by atoms with van der Waals surface area (Å²) >= 11 is 0. The maximum atomic E-state index is 12.4. The van der Waals surface area contributed by atoms with Crippen molar-refractivity contribution in [1.82, 2.24) is 0 Å². The SMILES string of the molecule is CC(C(=O)C(=O)O)(c1ccccc1)c1ccc(CCN)cc1.Cl. The van der Waals surface area contributed by atoms with Crippen LogP contribution >= 0.6 is 12.4 Å². The minimum Gasteiger partial charge on any atom is -0.475 e. The molecule has 0 fully saturated rings. The van der Waals surface area contributed by atoms with Crippen molar-refractivity contribution in [2.75, 3.05) is 6.54 Å². The molecule has 0 amide bonds. The van der Waals surface area contributed by atoms with Crippen LogP contribution in [-0.4, -0.2) is 23.4 Å². The summed E-state index contributed by atoms with van der Waals surface area (Å²) in [5.41, 5.74) is 6.70. The highest BCUT2D eigenvalue weighted by Gasteiger charge is 2.40. The van der Waals surface area contributed by atoms with Gasteiger partial charge in [-0.2, -0.15) is 0 Å². The first-order chi connectivity index (χ1) is 10.5. The summed E-state index contributed by atoms with van der Waals surface area (Å²) in [6.45, 7) is 2.19. The normalized spacial score (nSPS) is 12.8. The van der Waals surface area contributed by atoms with Gasteiger partial charge in [0.2, 0.25) is 0 Å². The van der Waals surface area contributed by atoms with Gasteiger partial charge < -0.3 is 10.8 Å². The van der Waals surface area contributed by atoms with Crippen molar-refractivity contribution in [2.45, 2.75) is 18.8 Å². The average molecular weight is 334 g/mol. The lowest BCUT2D eigenvalue weighted by molar-refractivity contribution is -0.151. The maximum absolute atomic E-state index is 12.4. The van der Waals surface area contributed by atoms with Crippen LogP contribution in [0.25, 0.3) is 0 Å². The first kappa shape index (κ1) is 18.9. The van der Waals surface area contributed by atoms with Gasteiger partial charge in [-0.05, 0) is 36.6 Å². The van der Waals surface area contributed by atoms with Crippen LogP contribution in [0.4, 0.5) is 0 Å². The summed E-state index contributed by atoms with van der Waals surface area (Å²) in [5.74, 6) is -2.28. The molecule has 0 aliphatic heterocycles. The quantitative estimate of drug-likeness (QED) is 0.796. The van der Waals surface area contributed by atoms with Crippen LogP contribution in [0.5, 0.6) is 0 Å². The summed E-state index contributed by atoms with van der Waals surface area (Å²) < 4.78 is 0. The van der Waals surface area contributed by atoms with Crippen LogP contribution in [0.15, 0.2) is 54.6 Å². The van der Waals surface area contributed by atoms with Crippen molar-refractivity contribution in [3.63, 3.8) is 0 Å². The molecule has 0 radical (unpaired) electrons. The molecular formula is C18H20ClNO3. The van der Waals surface area contributed by atoms with E-state index in [1.54, 1.807) is 43.3 Å². The number of carbonyl (C=O) groups is 2. The van der Waals surface area contributed by atoms with E-state index >= 15 is 0 Å². The molecule has 0 bridgehead atoms. The standard InChI is InChI=1S/C18H19NO3.ClH/c1-18(16(20)17(21)22,14-5-3-2-4-6-14)15-9-7-13(8-10-15)11-12-19;/h2-10H,11-12,19H2,1H3,(H,21,22);1H. The lowest BCUT2D eigenvalue weighted by Crippen LogP contribution is -2.39. The van der Waals surface area contributed by atoms with E-state index < -0.39 is 17.2 Å². The van der Waals surface area contributed by atoms with Crippen molar-refractivity contribution >= 4 is 24.2 Å². The van der Waals surface area contributed by atoms with Crippen LogP contribution < -0.4 is 5.73 Å². The zero-order valence-electron chi connectivity index (χ0n) is 12.9. The van der Waals surface area contributed by atoms with E-state index in [-0.39, 0.29) is 12.4 Å². The zero-order chi connectivity index (χ0) is 16.2. The lowest BCUT2D eigenvalue weighted by atomic mass is 9.72. The van der Waals surface area contributed by atoms with E-state index in [1.807, 2.05) is 18.2 Å². The number of hydrogen-bond donors (Lipinski definition) is 2. The minimum atomic E-state index is -1.43. The molecule has 5 heteroatoms. The molecule has 0 aliphatic rings. The van der Waals surface area contributed by atoms with Crippen LogP contribution in [0.1, 0.15) is 23.6 Å². The molecular weight excluding hydrogens is 314 g/mol. The molecule has 0 aliphatic carbocycles. The third-order valence-electron chi connectivity index (χ3n) is 3.96. The van der Waals surface area contributed by atoms with Gasteiger partial charge in [0, 0.05) is 0 Å². The van der Waals surface area contributed by atoms with Crippen molar-refractivity contribution in [3.05, 3.63) is 71.3 Å². The molecule has 23 heavy (non-hydrogen) atoms. The average Bonchev–Trinajstić information content (AvgIpc) is 2.55. The van der Waals surface area contributed by atoms with Crippen molar-refractivity contribution in [3.8, 4) is 0 Å². The number of halogens is 1. The Kier molecular flexibility index (Phi) is 6.49. The summed E-state index contributed by atoms with van der Waals surface area (Å²) in [6.07, 6.45) is 0.745. The maximum Gasteiger partial charge on any atom is 0.373 e.